The fraction of sp³-hybridized carbons (Fsp3) is 0.154. The molecule has 0 aliphatic heterocycles. The zero-order valence-electron chi connectivity index (χ0n) is 19.7. The van der Waals surface area contributed by atoms with Gasteiger partial charge in [0.2, 0.25) is 0 Å². The molecule has 2 heterocycles. The van der Waals surface area contributed by atoms with Gasteiger partial charge in [-0.3, -0.25) is 9.78 Å². The normalized spacial score (nSPS) is 11.9. The zero-order chi connectivity index (χ0) is 27.0. The molecule has 0 saturated heterocycles. The number of pyridine rings is 1. The fourth-order valence-corrected chi connectivity index (χ4v) is 4.62. The van der Waals surface area contributed by atoms with Gasteiger partial charge in [0.05, 0.1) is 34.0 Å². The molecule has 2 aromatic heterocycles. The van der Waals surface area contributed by atoms with Crippen molar-refractivity contribution < 1.29 is 30.8 Å². The van der Waals surface area contributed by atoms with Gasteiger partial charge < -0.3 is 9.88 Å². The number of carbonyl (C=O) groups is 1. The van der Waals surface area contributed by atoms with Crippen LogP contribution in [-0.2, 0) is 22.6 Å². The molecule has 6 nitrogen and oxygen atoms in total. The third kappa shape index (κ3) is 5.56. The lowest BCUT2D eigenvalue weighted by Crippen LogP contribution is -2.12. The average Bonchev–Trinajstić information content (AvgIpc) is 3.15. The van der Waals surface area contributed by atoms with Crippen molar-refractivity contribution in [3.63, 3.8) is 0 Å². The van der Waals surface area contributed by atoms with Gasteiger partial charge in [0.25, 0.3) is 5.91 Å². The average molecular weight is 532 g/mol. The second-order valence-electron chi connectivity index (χ2n) is 8.37. The summed E-state index contributed by atoms with van der Waals surface area (Å²) in [6, 6.07) is 13.0. The molecule has 1 N–H and O–H groups in total. The van der Waals surface area contributed by atoms with E-state index in [0.717, 1.165) is 12.3 Å². The van der Waals surface area contributed by atoms with E-state index in [2.05, 4.69) is 10.3 Å². The predicted octanol–water partition coefficient (Wildman–Crippen LogP) is 5.72. The summed E-state index contributed by atoms with van der Waals surface area (Å²) in [4.78, 5) is 17.2. The van der Waals surface area contributed by atoms with Gasteiger partial charge in [-0.1, -0.05) is 18.2 Å². The van der Waals surface area contributed by atoms with E-state index in [1.165, 1.54) is 78.5 Å². The maximum Gasteiger partial charge on any atom is 0.417 e. The van der Waals surface area contributed by atoms with Crippen molar-refractivity contribution in [3.05, 3.63) is 101 Å². The topological polar surface area (TPSA) is 81.1 Å². The lowest BCUT2D eigenvalue weighted by atomic mass is 10.00. The van der Waals surface area contributed by atoms with Gasteiger partial charge in [-0.05, 0) is 55.0 Å². The van der Waals surface area contributed by atoms with E-state index in [4.69, 9.17) is 0 Å². The highest BCUT2D eigenvalue weighted by Gasteiger charge is 2.35. The van der Waals surface area contributed by atoms with E-state index < -0.39 is 33.3 Å². The maximum atomic E-state index is 14.4. The summed E-state index contributed by atoms with van der Waals surface area (Å²) in [6.45, 7) is 1.29. The highest BCUT2D eigenvalue weighted by Crippen LogP contribution is 2.39. The van der Waals surface area contributed by atoms with Crippen LogP contribution in [0, 0.1) is 12.7 Å². The minimum Gasteiger partial charge on any atom is -0.340 e. The van der Waals surface area contributed by atoms with Crippen LogP contribution in [0.5, 0.6) is 0 Å². The number of anilines is 1. The Bertz CT molecular complexity index is 1580. The first kappa shape index (κ1) is 26.1. The number of nitrogens with one attached hydrogen (secondary N) is 1. The summed E-state index contributed by atoms with van der Waals surface area (Å²) in [5.74, 6) is -1.27. The van der Waals surface area contributed by atoms with E-state index in [9.17, 15) is 30.8 Å². The zero-order valence-corrected chi connectivity index (χ0v) is 20.5. The Morgan fingerprint density at radius 3 is 2.32 bits per heavy atom. The Labute approximate surface area is 210 Å². The van der Waals surface area contributed by atoms with Crippen LogP contribution in [-0.4, -0.2) is 30.1 Å². The molecule has 2 aromatic carbocycles. The molecule has 0 aliphatic rings. The minimum atomic E-state index is -4.67. The number of aromatic nitrogens is 2. The summed E-state index contributed by atoms with van der Waals surface area (Å²) in [7, 11) is -3.43. The van der Waals surface area contributed by atoms with Crippen LogP contribution in [0.1, 0.15) is 27.2 Å². The molecule has 0 aliphatic carbocycles. The summed E-state index contributed by atoms with van der Waals surface area (Å²) < 4.78 is 80.7. The van der Waals surface area contributed by atoms with E-state index >= 15 is 0 Å². The largest absolute Gasteiger partial charge is 0.417 e. The number of amides is 1. The maximum absolute atomic E-state index is 14.4. The highest BCUT2D eigenvalue weighted by atomic mass is 32.2. The molecular weight excluding hydrogens is 510 g/mol. The first-order valence-electron chi connectivity index (χ1n) is 10.9. The Hall–Kier alpha value is -3.99. The van der Waals surface area contributed by atoms with E-state index in [0.29, 0.717) is 0 Å². The van der Waals surface area contributed by atoms with Gasteiger partial charge >= 0.3 is 6.18 Å². The number of sulfone groups is 1. The fourth-order valence-electron chi connectivity index (χ4n) is 3.99. The number of nitrogens with zero attached hydrogens (tertiary/aromatic N) is 2. The molecule has 4 rings (SSSR count). The third-order valence-electron chi connectivity index (χ3n) is 5.76. The quantitative estimate of drug-likeness (QED) is 0.323. The van der Waals surface area contributed by atoms with Crippen molar-refractivity contribution >= 4 is 21.4 Å². The monoisotopic (exact) mass is 531 g/mol. The third-order valence-corrected chi connectivity index (χ3v) is 6.89. The Balaban J connectivity index is 1.80. The van der Waals surface area contributed by atoms with Crippen molar-refractivity contribution in [1.29, 1.82) is 0 Å². The Morgan fingerprint density at radius 2 is 1.70 bits per heavy atom. The number of alkyl halides is 3. The lowest BCUT2D eigenvalue weighted by Gasteiger charge is -2.16. The minimum absolute atomic E-state index is 0.00781. The van der Waals surface area contributed by atoms with Gasteiger partial charge in [0.1, 0.15) is 5.82 Å². The standard InChI is InChI=1S/C26H21F4N3O3S/c1-16-20(25(34)32-17-9-11-18(12-10-17)37(2,35)36)14-33(15-23-22(27)8-5-13-31-23)24(16)19-6-3-4-7-21(19)26(28,29)30/h3-14H,15H2,1-2H3,(H,32,34). The second-order valence-corrected chi connectivity index (χ2v) is 10.4. The number of carbonyl (C=O) groups excluding carboxylic acids is 1. The lowest BCUT2D eigenvalue weighted by molar-refractivity contribution is -0.137. The molecule has 192 valence electrons. The molecule has 0 fully saturated rings. The number of halogens is 4. The van der Waals surface area contributed by atoms with E-state index in [-0.39, 0.29) is 45.2 Å². The molecule has 4 aromatic rings. The molecule has 0 unspecified atom stereocenters. The van der Waals surface area contributed by atoms with Crippen molar-refractivity contribution in [2.75, 3.05) is 11.6 Å². The molecule has 1 amide bonds. The van der Waals surface area contributed by atoms with Crippen molar-refractivity contribution in [1.82, 2.24) is 9.55 Å². The smallest absolute Gasteiger partial charge is 0.340 e. The molecule has 11 heteroatoms. The summed E-state index contributed by atoms with van der Waals surface area (Å²) in [5, 5.41) is 2.63. The molecule has 0 bridgehead atoms. The van der Waals surface area contributed by atoms with Gasteiger partial charge in [-0.15, -0.1) is 0 Å². The molecule has 0 radical (unpaired) electrons. The molecule has 0 spiro atoms. The van der Waals surface area contributed by atoms with Crippen LogP contribution in [0.4, 0.5) is 23.2 Å². The number of benzene rings is 2. The second kappa shape index (κ2) is 9.81. The highest BCUT2D eigenvalue weighted by molar-refractivity contribution is 7.90. The van der Waals surface area contributed by atoms with E-state index in [1.807, 2.05) is 0 Å². The number of hydrogen-bond donors (Lipinski definition) is 1. The van der Waals surface area contributed by atoms with Gasteiger partial charge in [0.15, 0.2) is 9.84 Å². The molecule has 0 saturated carbocycles. The van der Waals surface area contributed by atoms with E-state index in [1.54, 1.807) is 0 Å². The Morgan fingerprint density at radius 1 is 1.03 bits per heavy atom. The van der Waals surface area contributed by atoms with Crippen LogP contribution >= 0.6 is 0 Å². The van der Waals surface area contributed by atoms with Crippen LogP contribution < -0.4 is 5.32 Å². The van der Waals surface area contributed by atoms with Crippen molar-refractivity contribution in [2.45, 2.75) is 24.5 Å². The van der Waals surface area contributed by atoms with Crippen molar-refractivity contribution in [3.8, 4) is 11.3 Å². The first-order chi connectivity index (χ1) is 17.4. The van der Waals surface area contributed by atoms with Gasteiger partial charge in [-0.2, -0.15) is 13.2 Å². The summed E-state index contributed by atoms with van der Waals surface area (Å²) >= 11 is 0. The molecule has 0 atom stereocenters. The molecular formula is C26H21F4N3O3S. The van der Waals surface area contributed by atoms with Crippen molar-refractivity contribution in [2.24, 2.45) is 0 Å². The number of hydrogen-bond acceptors (Lipinski definition) is 4. The van der Waals surface area contributed by atoms with Crippen LogP contribution in [0.3, 0.4) is 0 Å². The van der Waals surface area contributed by atoms with Crippen LogP contribution in [0.2, 0.25) is 0 Å². The van der Waals surface area contributed by atoms with Gasteiger partial charge in [0, 0.05) is 29.9 Å². The molecule has 37 heavy (non-hydrogen) atoms. The Kier molecular flexibility index (Phi) is 6.92. The predicted molar refractivity (Wildman–Crippen MR) is 130 cm³/mol. The van der Waals surface area contributed by atoms with Gasteiger partial charge in [-0.25, -0.2) is 12.8 Å². The van der Waals surface area contributed by atoms with Crippen LogP contribution in [0.25, 0.3) is 11.3 Å². The van der Waals surface area contributed by atoms with Crippen LogP contribution in [0.15, 0.2) is 78.0 Å². The number of rotatable bonds is 6. The summed E-state index contributed by atoms with van der Waals surface area (Å²) in [5.41, 5.74) is -0.379. The summed E-state index contributed by atoms with van der Waals surface area (Å²) in [6.07, 6.45) is -0.895. The SMILES string of the molecule is Cc1c(C(=O)Nc2ccc(S(C)(=O)=O)cc2)cn(Cc2ncccc2F)c1-c1ccccc1C(F)(F)F. The first-order valence-corrected chi connectivity index (χ1v) is 12.8.